The molecule has 0 saturated heterocycles. The second-order valence-electron chi connectivity index (χ2n) is 6.89. The summed E-state index contributed by atoms with van der Waals surface area (Å²) in [7, 11) is 4.59. The largest absolute Gasteiger partial charge is 0.381 e. The van der Waals surface area contributed by atoms with Crippen molar-refractivity contribution in [2.24, 2.45) is 0 Å². The van der Waals surface area contributed by atoms with Gasteiger partial charge in [-0.1, -0.05) is 58.0 Å². The highest BCUT2D eigenvalue weighted by atomic mass is 16.3. The fraction of sp³-hybridized carbons (Fsp3) is 0.700. The van der Waals surface area contributed by atoms with E-state index in [-0.39, 0.29) is 6.73 Å². The fourth-order valence-corrected chi connectivity index (χ4v) is 2.75. The summed E-state index contributed by atoms with van der Waals surface area (Å²) in [6.45, 7) is 16.0. The summed E-state index contributed by atoms with van der Waals surface area (Å²) in [5.41, 5.74) is 1.42. The number of quaternary nitrogens is 1. The van der Waals surface area contributed by atoms with Crippen molar-refractivity contribution in [1.29, 1.82) is 0 Å². The number of aliphatic hydroxyl groups is 1. The Bertz CT molecular complexity index is 403. The van der Waals surface area contributed by atoms with Crippen LogP contribution in [-0.4, -0.2) is 79.7 Å². The van der Waals surface area contributed by atoms with Gasteiger partial charge in [-0.25, -0.2) is 0 Å². The van der Waals surface area contributed by atoms with E-state index in [0.29, 0.717) is 0 Å². The second-order valence-corrected chi connectivity index (χ2v) is 6.89. The molecular weight excluding hydrogens is 312 g/mol. The second kappa shape index (κ2) is 14.2. The Morgan fingerprint density at radius 2 is 1.40 bits per heavy atom. The number of rotatable bonds is 11. The molecule has 0 fully saturated rings. The summed E-state index contributed by atoms with van der Waals surface area (Å²) in [5.74, 6) is 0. The van der Waals surface area contributed by atoms with Crippen molar-refractivity contribution in [1.82, 2.24) is 15.1 Å². The summed E-state index contributed by atoms with van der Waals surface area (Å²) in [6.07, 6.45) is 0. The molecule has 5 heteroatoms. The van der Waals surface area contributed by atoms with E-state index in [4.69, 9.17) is 5.11 Å². The van der Waals surface area contributed by atoms with E-state index in [1.54, 1.807) is 0 Å². The molecule has 0 atom stereocenters. The van der Waals surface area contributed by atoms with Gasteiger partial charge in [-0.2, -0.15) is 0 Å². The summed E-state index contributed by atoms with van der Waals surface area (Å²) in [6, 6.07) is 10.7. The molecule has 0 aromatic heterocycles. The van der Waals surface area contributed by atoms with Gasteiger partial charge in [0, 0.05) is 25.3 Å². The molecule has 0 unspecified atom stereocenters. The molecular formula is C20H41N4O+. The van der Waals surface area contributed by atoms with E-state index in [9.17, 15) is 0 Å². The van der Waals surface area contributed by atoms with Crippen LogP contribution in [0.5, 0.6) is 0 Å². The van der Waals surface area contributed by atoms with Gasteiger partial charge in [0.25, 0.3) is 0 Å². The lowest BCUT2D eigenvalue weighted by molar-refractivity contribution is -0.913. The van der Waals surface area contributed by atoms with E-state index in [0.717, 1.165) is 50.5 Å². The van der Waals surface area contributed by atoms with Crippen molar-refractivity contribution in [2.75, 3.05) is 60.3 Å². The lowest BCUT2D eigenvalue weighted by atomic mass is 10.2. The Labute approximate surface area is 155 Å². The maximum Gasteiger partial charge on any atom is 0.134 e. The molecule has 1 aromatic carbocycles. The first kappa shape index (κ1) is 24.0. The van der Waals surface area contributed by atoms with Crippen LogP contribution in [0.15, 0.2) is 30.3 Å². The molecule has 1 rings (SSSR count). The summed E-state index contributed by atoms with van der Waals surface area (Å²) in [5, 5.41) is 11.2. The standard InChI is InChI=1S/C14H25N2.C6H16N2O/c1-5-15(6-2)13-16(3,4)12-14-10-8-7-9-11-14;1-3-8(4-2)5-7-6-9/h7-11H,5-6,12-13H2,1-4H3;7,9H,3-6H2,1-2H3/q+1;. The molecule has 0 bridgehead atoms. The van der Waals surface area contributed by atoms with Gasteiger partial charge in [-0.15, -0.1) is 0 Å². The van der Waals surface area contributed by atoms with Crippen LogP contribution in [-0.2, 0) is 6.54 Å². The molecule has 0 heterocycles. The van der Waals surface area contributed by atoms with Gasteiger partial charge >= 0.3 is 0 Å². The average Bonchev–Trinajstić information content (AvgIpc) is 2.61. The SMILES string of the molecule is CCN(CC)CNCO.CCN(CC)C[N+](C)(C)Cc1ccccc1. The molecule has 0 spiro atoms. The Kier molecular flexibility index (Phi) is 13.7. The van der Waals surface area contributed by atoms with Crippen molar-refractivity contribution in [3.8, 4) is 0 Å². The Morgan fingerprint density at radius 1 is 0.880 bits per heavy atom. The minimum atomic E-state index is 0.0660. The maximum absolute atomic E-state index is 8.37. The maximum atomic E-state index is 8.37. The lowest BCUT2D eigenvalue weighted by Gasteiger charge is -2.34. The molecule has 0 aliphatic heterocycles. The Balaban J connectivity index is 0.000000547. The first-order valence-corrected chi connectivity index (χ1v) is 9.54. The monoisotopic (exact) mass is 353 g/mol. The van der Waals surface area contributed by atoms with Crippen LogP contribution in [0, 0.1) is 0 Å². The molecule has 0 saturated carbocycles. The van der Waals surface area contributed by atoms with Gasteiger partial charge < -0.3 is 9.59 Å². The third kappa shape index (κ3) is 12.1. The van der Waals surface area contributed by atoms with Crippen LogP contribution in [0.25, 0.3) is 0 Å². The van der Waals surface area contributed by atoms with Crippen molar-refractivity contribution in [3.63, 3.8) is 0 Å². The number of aliphatic hydroxyl groups excluding tert-OH is 1. The van der Waals surface area contributed by atoms with Gasteiger partial charge in [-0.3, -0.25) is 15.1 Å². The first-order chi connectivity index (χ1) is 11.9. The summed E-state index contributed by atoms with van der Waals surface area (Å²) >= 11 is 0. The summed E-state index contributed by atoms with van der Waals surface area (Å²) < 4.78 is 1.02. The van der Waals surface area contributed by atoms with E-state index >= 15 is 0 Å². The van der Waals surface area contributed by atoms with E-state index in [1.807, 2.05) is 0 Å². The highest BCUT2D eigenvalue weighted by Crippen LogP contribution is 2.10. The molecule has 0 radical (unpaired) electrons. The predicted molar refractivity (Wildman–Crippen MR) is 108 cm³/mol. The number of nitrogens with zero attached hydrogens (tertiary/aromatic N) is 3. The topological polar surface area (TPSA) is 38.7 Å². The molecule has 0 aliphatic rings. The van der Waals surface area contributed by atoms with Crippen molar-refractivity contribution < 1.29 is 9.59 Å². The number of hydrogen-bond acceptors (Lipinski definition) is 4. The Hall–Kier alpha value is -0.980. The van der Waals surface area contributed by atoms with E-state index in [2.05, 4.69) is 87.2 Å². The van der Waals surface area contributed by atoms with Gasteiger partial charge in [0.15, 0.2) is 0 Å². The number of benzene rings is 1. The van der Waals surface area contributed by atoms with Crippen LogP contribution in [0.4, 0.5) is 0 Å². The first-order valence-electron chi connectivity index (χ1n) is 9.54. The minimum absolute atomic E-state index is 0.0660. The van der Waals surface area contributed by atoms with Gasteiger partial charge in [0.1, 0.15) is 13.2 Å². The average molecular weight is 354 g/mol. The van der Waals surface area contributed by atoms with Crippen LogP contribution >= 0.6 is 0 Å². The van der Waals surface area contributed by atoms with Gasteiger partial charge in [-0.05, 0) is 13.1 Å². The fourth-order valence-electron chi connectivity index (χ4n) is 2.75. The normalized spacial score (nSPS) is 11.6. The molecule has 2 N–H and O–H groups in total. The molecule has 5 nitrogen and oxygen atoms in total. The third-order valence-electron chi connectivity index (χ3n) is 4.27. The number of nitrogens with one attached hydrogen (secondary N) is 1. The van der Waals surface area contributed by atoms with Gasteiger partial charge in [0.05, 0.1) is 20.8 Å². The van der Waals surface area contributed by atoms with Crippen molar-refractivity contribution in [2.45, 2.75) is 34.2 Å². The zero-order valence-electron chi connectivity index (χ0n) is 17.3. The van der Waals surface area contributed by atoms with Crippen molar-refractivity contribution >= 4 is 0 Å². The quantitative estimate of drug-likeness (QED) is 0.473. The molecule has 1 aromatic rings. The lowest BCUT2D eigenvalue weighted by Crippen LogP contribution is -2.47. The molecule has 146 valence electrons. The zero-order chi connectivity index (χ0) is 19.1. The van der Waals surface area contributed by atoms with E-state index in [1.165, 1.54) is 5.56 Å². The summed E-state index contributed by atoms with van der Waals surface area (Å²) in [4.78, 5) is 4.67. The van der Waals surface area contributed by atoms with Gasteiger partial charge in [0.2, 0.25) is 0 Å². The molecule has 0 aliphatic carbocycles. The van der Waals surface area contributed by atoms with Crippen LogP contribution < -0.4 is 5.32 Å². The highest BCUT2D eigenvalue weighted by molar-refractivity contribution is 5.13. The molecule has 25 heavy (non-hydrogen) atoms. The zero-order valence-corrected chi connectivity index (χ0v) is 17.3. The van der Waals surface area contributed by atoms with Crippen molar-refractivity contribution in [3.05, 3.63) is 35.9 Å². The third-order valence-corrected chi connectivity index (χ3v) is 4.27. The Morgan fingerprint density at radius 3 is 1.84 bits per heavy atom. The van der Waals surface area contributed by atoms with Crippen LogP contribution in [0.1, 0.15) is 33.3 Å². The number of hydrogen-bond donors (Lipinski definition) is 2. The minimum Gasteiger partial charge on any atom is -0.381 e. The highest BCUT2D eigenvalue weighted by Gasteiger charge is 2.18. The smallest absolute Gasteiger partial charge is 0.134 e. The van der Waals surface area contributed by atoms with E-state index < -0.39 is 0 Å². The van der Waals surface area contributed by atoms with Crippen LogP contribution in [0.2, 0.25) is 0 Å². The van der Waals surface area contributed by atoms with Crippen LogP contribution in [0.3, 0.4) is 0 Å². The molecule has 0 amide bonds. The predicted octanol–water partition coefficient (Wildman–Crippen LogP) is 2.39.